The number of carbonyl (C=O) groups excluding carboxylic acids is 1. The van der Waals surface area contributed by atoms with Crippen LogP contribution in [0.5, 0.6) is 11.5 Å². The fraction of sp³-hybridized carbons (Fsp3) is 0.125. The van der Waals surface area contributed by atoms with E-state index >= 15 is 0 Å². The Balaban J connectivity index is 1.39. The first-order valence-electron chi connectivity index (χ1n) is 15.8. The van der Waals surface area contributed by atoms with Gasteiger partial charge in [-0.1, -0.05) is 120 Å². The highest BCUT2D eigenvalue weighted by Crippen LogP contribution is 2.36. The van der Waals surface area contributed by atoms with E-state index in [0.29, 0.717) is 49.3 Å². The zero-order valence-electron chi connectivity index (χ0n) is 26.8. The van der Waals surface area contributed by atoms with Crippen LogP contribution in [-0.4, -0.2) is 24.3 Å². The molecule has 1 aliphatic rings. The van der Waals surface area contributed by atoms with Crippen molar-refractivity contribution in [3.63, 3.8) is 0 Å². The van der Waals surface area contributed by atoms with Gasteiger partial charge in [0.1, 0.15) is 6.61 Å². The number of hydrogen-bond acceptors (Lipinski definition) is 7. The lowest BCUT2D eigenvalue weighted by molar-refractivity contribution is -0.138. The Morgan fingerprint density at radius 2 is 1.65 bits per heavy atom. The number of rotatable bonds is 9. The third kappa shape index (κ3) is 6.28. The molecule has 9 heteroatoms. The van der Waals surface area contributed by atoms with E-state index in [0.717, 1.165) is 21.9 Å². The van der Waals surface area contributed by atoms with Crippen molar-refractivity contribution in [2.75, 3.05) is 13.7 Å². The van der Waals surface area contributed by atoms with Crippen LogP contribution in [0.2, 0.25) is 5.02 Å². The third-order valence-electron chi connectivity index (χ3n) is 8.33. The molecule has 0 amide bonds. The Kier molecular flexibility index (Phi) is 9.15. The normalized spacial score (nSPS) is 14.3. The molecule has 0 saturated carbocycles. The summed E-state index contributed by atoms with van der Waals surface area (Å²) >= 11 is 7.51. The lowest BCUT2D eigenvalue weighted by Gasteiger charge is -2.26. The Morgan fingerprint density at radius 3 is 2.43 bits per heavy atom. The number of methoxy groups -OCH3 is 1. The number of para-hydroxylation sites is 1. The van der Waals surface area contributed by atoms with Gasteiger partial charge in [-0.05, 0) is 53.1 Å². The third-order valence-corrected chi connectivity index (χ3v) is 9.56. The van der Waals surface area contributed by atoms with Crippen molar-refractivity contribution in [2.45, 2.75) is 19.6 Å². The van der Waals surface area contributed by atoms with Crippen LogP contribution in [0.4, 0.5) is 0 Å². The van der Waals surface area contributed by atoms with E-state index in [2.05, 4.69) is 18.2 Å². The zero-order valence-corrected chi connectivity index (χ0v) is 28.3. The van der Waals surface area contributed by atoms with Crippen LogP contribution in [0.3, 0.4) is 0 Å². The van der Waals surface area contributed by atoms with Gasteiger partial charge in [-0.15, -0.1) is 0 Å². The monoisotopic (exact) mass is 686 g/mol. The summed E-state index contributed by atoms with van der Waals surface area (Å²) in [6.07, 6.45) is 1.79. The van der Waals surface area contributed by atoms with Crippen LogP contribution in [-0.2, 0) is 16.1 Å². The minimum absolute atomic E-state index is 0.166. The maximum atomic E-state index is 14.4. The minimum atomic E-state index is -0.808. The molecule has 1 aromatic heterocycles. The Hall–Kier alpha value is -5.44. The highest BCUT2D eigenvalue weighted by molar-refractivity contribution is 7.07. The number of hydrogen-bond donors (Lipinski definition) is 0. The Bertz CT molecular complexity index is 2390. The van der Waals surface area contributed by atoms with Crippen molar-refractivity contribution in [2.24, 2.45) is 4.99 Å². The summed E-state index contributed by atoms with van der Waals surface area (Å²) in [4.78, 5) is 33.5. The summed E-state index contributed by atoms with van der Waals surface area (Å²) in [5.74, 6) is 0.503. The maximum absolute atomic E-state index is 14.4. The van der Waals surface area contributed by atoms with Gasteiger partial charge in [0, 0.05) is 16.1 Å². The number of aromatic nitrogens is 1. The van der Waals surface area contributed by atoms with E-state index in [1.165, 1.54) is 11.3 Å². The number of ether oxygens (including phenoxy) is 3. The van der Waals surface area contributed by atoms with E-state index in [1.54, 1.807) is 36.8 Å². The highest BCUT2D eigenvalue weighted by atomic mass is 35.5. The van der Waals surface area contributed by atoms with Gasteiger partial charge >= 0.3 is 5.97 Å². The molecule has 0 unspecified atom stereocenters. The quantitative estimate of drug-likeness (QED) is 0.149. The second-order valence-corrected chi connectivity index (χ2v) is 12.7. The van der Waals surface area contributed by atoms with Crippen LogP contribution < -0.4 is 24.4 Å². The number of esters is 1. The van der Waals surface area contributed by atoms with Crippen molar-refractivity contribution in [1.82, 2.24) is 4.57 Å². The van der Waals surface area contributed by atoms with E-state index in [-0.39, 0.29) is 17.7 Å². The van der Waals surface area contributed by atoms with Gasteiger partial charge in [-0.3, -0.25) is 9.36 Å². The molecular weight excluding hydrogens is 656 g/mol. The standard InChI is InChI=1S/C40H31ClN2O5S/c1-3-47-39(45)34-35(26-12-5-4-6-13-26)42-40-43(36(34)27-19-21-30(41)22-20-27)38(44)33(49-40)23-28-15-10-18-32(46-2)37(28)48-24-29-16-9-14-25-11-7-8-17-31(25)29/h4-23,36H,3,24H2,1-2H3/b33-23-/t36-/m0/s1. The second kappa shape index (κ2) is 14.0. The molecule has 0 aliphatic carbocycles. The predicted molar refractivity (Wildman–Crippen MR) is 194 cm³/mol. The second-order valence-electron chi connectivity index (χ2n) is 11.3. The fourth-order valence-corrected chi connectivity index (χ4v) is 7.19. The molecule has 2 heterocycles. The summed E-state index contributed by atoms with van der Waals surface area (Å²) in [7, 11) is 1.59. The average Bonchev–Trinajstić information content (AvgIpc) is 3.44. The number of carbonyl (C=O) groups is 1. The number of nitrogens with zero attached hydrogens (tertiary/aromatic N) is 2. The summed E-state index contributed by atoms with van der Waals surface area (Å²) in [6.45, 7) is 2.21. The SMILES string of the molecule is CCOC(=O)C1=C(c2ccccc2)N=c2s/c(=C\c3cccc(OC)c3OCc3cccc4ccccc34)c(=O)n2[C@H]1c1ccc(Cl)cc1. The van der Waals surface area contributed by atoms with Crippen molar-refractivity contribution >= 4 is 51.5 Å². The fourth-order valence-electron chi connectivity index (χ4n) is 6.07. The molecule has 244 valence electrons. The summed E-state index contributed by atoms with van der Waals surface area (Å²) in [6, 6.07) is 35.6. The van der Waals surface area contributed by atoms with E-state index in [4.69, 9.17) is 30.8 Å². The highest BCUT2D eigenvalue weighted by Gasteiger charge is 2.35. The molecule has 0 spiro atoms. The van der Waals surface area contributed by atoms with Gasteiger partial charge in [-0.2, -0.15) is 0 Å². The van der Waals surface area contributed by atoms with Crippen LogP contribution in [0.15, 0.2) is 131 Å². The van der Waals surface area contributed by atoms with Crippen LogP contribution in [0.25, 0.3) is 22.5 Å². The minimum Gasteiger partial charge on any atom is -0.493 e. The molecular formula is C40H31ClN2O5S. The first-order chi connectivity index (χ1) is 24.0. The number of thiazole rings is 1. The molecule has 7 rings (SSSR count). The Morgan fingerprint density at radius 1 is 0.918 bits per heavy atom. The summed E-state index contributed by atoms with van der Waals surface area (Å²) < 4.78 is 19.7. The van der Waals surface area contributed by atoms with E-state index in [9.17, 15) is 9.59 Å². The van der Waals surface area contributed by atoms with Gasteiger partial charge in [0.25, 0.3) is 5.56 Å². The van der Waals surface area contributed by atoms with Crippen molar-refractivity contribution in [3.05, 3.63) is 168 Å². The number of benzene rings is 5. The van der Waals surface area contributed by atoms with Gasteiger partial charge in [0.05, 0.1) is 35.6 Å². The molecule has 5 aromatic carbocycles. The number of fused-ring (bicyclic) bond motifs is 2. The predicted octanol–water partition coefficient (Wildman–Crippen LogP) is 7.33. The molecule has 0 saturated heterocycles. The summed E-state index contributed by atoms with van der Waals surface area (Å²) in [5.41, 5.74) is 3.54. The molecule has 1 aliphatic heterocycles. The molecule has 1 atom stereocenters. The molecule has 7 nitrogen and oxygen atoms in total. The van der Waals surface area contributed by atoms with E-state index < -0.39 is 12.0 Å². The molecule has 0 radical (unpaired) electrons. The number of halogens is 1. The largest absolute Gasteiger partial charge is 0.493 e. The zero-order chi connectivity index (χ0) is 33.9. The van der Waals surface area contributed by atoms with Crippen LogP contribution in [0, 0.1) is 0 Å². The lowest BCUT2D eigenvalue weighted by atomic mass is 9.93. The van der Waals surface area contributed by atoms with Crippen molar-refractivity contribution < 1.29 is 19.0 Å². The maximum Gasteiger partial charge on any atom is 0.338 e. The molecule has 49 heavy (non-hydrogen) atoms. The molecule has 0 bridgehead atoms. The van der Waals surface area contributed by atoms with Crippen LogP contribution >= 0.6 is 22.9 Å². The van der Waals surface area contributed by atoms with Gasteiger partial charge in [0.2, 0.25) is 0 Å². The smallest absolute Gasteiger partial charge is 0.338 e. The molecule has 0 N–H and O–H groups in total. The van der Waals surface area contributed by atoms with E-state index in [1.807, 2.05) is 84.9 Å². The van der Waals surface area contributed by atoms with Gasteiger partial charge in [-0.25, -0.2) is 9.79 Å². The molecule has 0 fully saturated rings. The van der Waals surface area contributed by atoms with Crippen LogP contribution in [0.1, 0.15) is 35.2 Å². The summed E-state index contributed by atoms with van der Waals surface area (Å²) in [5, 5.41) is 2.76. The van der Waals surface area contributed by atoms with Crippen molar-refractivity contribution in [3.8, 4) is 11.5 Å². The first-order valence-corrected chi connectivity index (χ1v) is 17.0. The van der Waals surface area contributed by atoms with Gasteiger partial charge in [0.15, 0.2) is 16.3 Å². The molecule has 6 aromatic rings. The first kappa shape index (κ1) is 32.1. The Labute approximate surface area is 291 Å². The topological polar surface area (TPSA) is 79.1 Å². The average molecular weight is 687 g/mol. The lowest BCUT2D eigenvalue weighted by Crippen LogP contribution is -2.40. The van der Waals surface area contributed by atoms with Crippen molar-refractivity contribution in [1.29, 1.82) is 0 Å². The van der Waals surface area contributed by atoms with Gasteiger partial charge < -0.3 is 14.2 Å².